The van der Waals surface area contributed by atoms with Crippen LogP contribution in [-0.4, -0.2) is 16.3 Å². The van der Waals surface area contributed by atoms with Crippen molar-refractivity contribution in [3.8, 4) is 0 Å². The van der Waals surface area contributed by atoms with Gasteiger partial charge in [0.1, 0.15) is 0 Å². The molecule has 2 aromatic rings. The molecule has 1 aliphatic rings. The summed E-state index contributed by atoms with van der Waals surface area (Å²) in [6, 6.07) is 7.21. The first-order chi connectivity index (χ1) is 7.84. The molecule has 84 valence electrons. The van der Waals surface area contributed by atoms with Crippen molar-refractivity contribution in [1.82, 2.24) is 15.1 Å². The third-order valence-corrected chi connectivity index (χ3v) is 3.49. The molecule has 0 spiro atoms. The molecular formula is C13H17N3. The Hall–Kier alpha value is -1.35. The number of nitrogens with one attached hydrogen (secondary N) is 1. The summed E-state index contributed by atoms with van der Waals surface area (Å²) in [6.07, 6.45) is 5.82. The van der Waals surface area contributed by atoms with E-state index in [1.807, 2.05) is 17.9 Å². The number of hydrogen-bond donors (Lipinski definition) is 1. The number of aryl methyl sites for hydroxylation is 1. The highest BCUT2D eigenvalue weighted by Crippen LogP contribution is 2.25. The maximum absolute atomic E-state index is 4.28. The molecule has 1 aromatic heterocycles. The second kappa shape index (κ2) is 3.91. The second-order valence-electron chi connectivity index (χ2n) is 4.59. The van der Waals surface area contributed by atoms with E-state index < -0.39 is 0 Å². The molecule has 1 unspecified atom stereocenters. The Morgan fingerprint density at radius 1 is 1.38 bits per heavy atom. The molecule has 0 radical (unpaired) electrons. The molecule has 1 N–H and O–H groups in total. The second-order valence-corrected chi connectivity index (χ2v) is 4.59. The predicted molar refractivity (Wildman–Crippen MR) is 65.3 cm³/mol. The third-order valence-electron chi connectivity index (χ3n) is 3.49. The van der Waals surface area contributed by atoms with Crippen LogP contribution in [0.5, 0.6) is 0 Å². The number of piperidine rings is 1. The molecule has 0 bridgehead atoms. The quantitative estimate of drug-likeness (QED) is 0.791. The summed E-state index contributed by atoms with van der Waals surface area (Å²) in [4.78, 5) is 0. The van der Waals surface area contributed by atoms with Crippen molar-refractivity contribution in [1.29, 1.82) is 0 Å². The van der Waals surface area contributed by atoms with Crippen LogP contribution in [0.2, 0.25) is 0 Å². The lowest BCUT2D eigenvalue weighted by Crippen LogP contribution is -2.26. The Morgan fingerprint density at radius 2 is 2.31 bits per heavy atom. The number of hydrogen-bond acceptors (Lipinski definition) is 2. The molecular weight excluding hydrogens is 198 g/mol. The van der Waals surface area contributed by atoms with Gasteiger partial charge in [0, 0.05) is 18.5 Å². The highest BCUT2D eigenvalue weighted by atomic mass is 15.2. The van der Waals surface area contributed by atoms with Crippen molar-refractivity contribution in [3.63, 3.8) is 0 Å². The van der Waals surface area contributed by atoms with Gasteiger partial charge < -0.3 is 5.32 Å². The summed E-state index contributed by atoms with van der Waals surface area (Å²) in [7, 11) is 2.00. The number of benzene rings is 1. The lowest BCUT2D eigenvalue weighted by Gasteiger charge is -2.23. The van der Waals surface area contributed by atoms with Crippen LogP contribution in [0.25, 0.3) is 10.9 Å². The fourth-order valence-electron chi connectivity index (χ4n) is 2.51. The van der Waals surface area contributed by atoms with Crippen molar-refractivity contribution in [2.75, 3.05) is 6.54 Å². The first-order valence-corrected chi connectivity index (χ1v) is 5.99. The molecule has 0 aliphatic carbocycles. The van der Waals surface area contributed by atoms with Crippen LogP contribution in [-0.2, 0) is 7.05 Å². The Kier molecular flexibility index (Phi) is 2.40. The van der Waals surface area contributed by atoms with Gasteiger partial charge >= 0.3 is 0 Å². The van der Waals surface area contributed by atoms with E-state index in [0.29, 0.717) is 6.04 Å². The van der Waals surface area contributed by atoms with Crippen molar-refractivity contribution in [2.45, 2.75) is 25.3 Å². The minimum absolute atomic E-state index is 0.535. The Labute approximate surface area is 95.5 Å². The normalized spacial score (nSPS) is 21.4. The lowest BCUT2D eigenvalue weighted by molar-refractivity contribution is 0.412. The zero-order valence-electron chi connectivity index (χ0n) is 9.61. The van der Waals surface area contributed by atoms with Crippen LogP contribution in [0.4, 0.5) is 0 Å². The van der Waals surface area contributed by atoms with Crippen LogP contribution >= 0.6 is 0 Å². The van der Waals surface area contributed by atoms with E-state index in [0.717, 1.165) is 6.54 Å². The standard InChI is InChI=1S/C13H17N3/c1-16-13-8-10(5-6-11(13)9-15-16)12-4-2-3-7-14-12/h5-6,8-9,12,14H,2-4,7H2,1H3. The number of nitrogens with zero attached hydrogens (tertiary/aromatic N) is 2. The smallest absolute Gasteiger partial charge is 0.0682 e. The molecule has 1 aromatic carbocycles. The predicted octanol–water partition coefficient (Wildman–Crippen LogP) is 2.39. The van der Waals surface area contributed by atoms with Crippen LogP contribution < -0.4 is 5.32 Å². The van der Waals surface area contributed by atoms with Gasteiger partial charge in [0.25, 0.3) is 0 Å². The lowest BCUT2D eigenvalue weighted by atomic mass is 9.97. The zero-order chi connectivity index (χ0) is 11.0. The van der Waals surface area contributed by atoms with E-state index in [2.05, 4.69) is 28.6 Å². The molecule has 0 amide bonds. The summed E-state index contributed by atoms with van der Waals surface area (Å²) in [5.41, 5.74) is 2.63. The van der Waals surface area contributed by atoms with E-state index in [9.17, 15) is 0 Å². The van der Waals surface area contributed by atoms with Gasteiger partial charge in [-0.2, -0.15) is 5.10 Å². The van der Waals surface area contributed by atoms with E-state index >= 15 is 0 Å². The summed E-state index contributed by atoms with van der Waals surface area (Å²) >= 11 is 0. The van der Waals surface area contributed by atoms with Gasteiger partial charge in [0.05, 0.1) is 11.7 Å². The summed E-state index contributed by atoms with van der Waals surface area (Å²) in [5, 5.41) is 9.08. The highest BCUT2D eigenvalue weighted by Gasteiger charge is 2.15. The third kappa shape index (κ3) is 1.61. The molecule has 1 fully saturated rings. The van der Waals surface area contributed by atoms with Gasteiger partial charge in [-0.15, -0.1) is 0 Å². The van der Waals surface area contributed by atoms with E-state index in [1.165, 1.54) is 35.7 Å². The summed E-state index contributed by atoms with van der Waals surface area (Å²) < 4.78 is 1.95. The van der Waals surface area contributed by atoms with E-state index in [1.54, 1.807) is 0 Å². The molecule has 0 saturated carbocycles. The first-order valence-electron chi connectivity index (χ1n) is 5.99. The van der Waals surface area contributed by atoms with Crippen LogP contribution in [0.15, 0.2) is 24.4 Å². The molecule has 3 heteroatoms. The van der Waals surface area contributed by atoms with Gasteiger partial charge in [0.2, 0.25) is 0 Å². The fraction of sp³-hybridized carbons (Fsp3) is 0.462. The minimum Gasteiger partial charge on any atom is -0.310 e. The minimum atomic E-state index is 0.535. The molecule has 16 heavy (non-hydrogen) atoms. The summed E-state index contributed by atoms with van der Waals surface area (Å²) in [5.74, 6) is 0. The molecule has 3 nitrogen and oxygen atoms in total. The molecule has 2 heterocycles. The van der Waals surface area contributed by atoms with Gasteiger partial charge in [-0.3, -0.25) is 4.68 Å². The maximum atomic E-state index is 4.28. The molecule has 1 saturated heterocycles. The number of aromatic nitrogens is 2. The first kappa shape index (κ1) is 9.85. The van der Waals surface area contributed by atoms with Crippen LogP contribution in [0, 0.1) is 0 Å². The zero-order valence-corrected chi connectivity index (χ0v) is 9.61. The monoisotopic (exact) mass is 215 g/mol. The van der Waals surface area contributed by atoms with Gasteiger partial charge in [0.15, 0.2) is 0 Å². The Bertz CT molecular complexity index is 495. The largest absolute Gasteiger partial charge is 0.310 e. The van der Waals surface area contributed by atoms with E-state index in [-0.39, 0.29) is 0 Å². The van der Waals surface area contributed by atoms with Gasteiger partial charge in [-0.1, -0.05) is 18.6 Å². The number of fused-ring (bicyclic) bond motifs is 1. The maximum Gasteiger partial charge on any atom is 0.0682 e. The SMILES string of the molecule is Cn1ncc2ccc(C3CCCCN3)cc21. The van der Waals surface area contributed by atoms with Crippen LogP contribution in [0.3, 0.4) is 0 Å². The number of rotatable bonds is 1. The molecule has 3 rings (SSSR count). The van der Waals surface area contributed by atoms with Gasteiger partial charge in [-0.05, 0) is 31.0 Å². The summed E-state index contributed by atoms with van der Waals surface area (Å²) in [6.45, 7) is 1.15. The molecule has 1 aliphatic heterocycles. The Morgan fingerprint density at radius 3 is 3.12 bits per heavy atom. The topological polar surface area (TPSA) is 29.9 Å². The fourth-order valence-corrected chi connectivity index (χ4v) is 2.51. The van der Waals surface area contributed by atoms with Crippen molar-refractivity contribution >= 4 is 10.9 Å². The average molecular weight is 215 g/mol. The van der Waals surface area contributed by atoms with E-state index in [4.69, 9.17) is 0 Å². The molecule has 1 atom stereocenters. The Balaban J connectivity index is 1.99. The van der Waals surface area contributed by atoms with Crippen molar-refractivity contribution < 1.29 is 0 Å². The van der Waals surface area contributed by atoms with Gasteiger partial charge in [-0.25, -0.2) is 0 Å². The average Bonchev–Trinajstić information content (AvgIpc) is 2.72. The van der Waals surface area contributed by atoms with Crippen molar-refractivity contribution in [3.05, 3.63) is 30.0 Å². The van der Waals surface area contributed by atoms with Crippen LogP contribution in [0.1, 0.15) is 30.9 Å². The van der Waals surface area contributed by atoms with Crippen molar-refractivity contribution in [2.24, 2.45) is 7.05 Å². The highest BCUT2D eigenvalue weighted by molar-refractivity contribution is 5.79.